The second-order valence-electron chi connectivity index (χ2n) is 7.33. The number of esters is 1. The van der Waals surface area contributed by atoms with Crippen molar-refractivity contribution in [2.24, 2.45) is 5.92 Å². The number of nitrogens with one attached hydrogen (secondary N) is 1. The van der Waals surface area contributed by atoms with Crippen LogP contribution in [0.4, 0.5) is 5.69 Å². The van der Waals surface area contributed by atoms with Crippen LogP contribution in [0, 0.1) is 5.92 Å². The number of hydrogen-bond donors (Lipinski definition) is 1. The molecular weight excluding hydrogens is 412 g/mol. The fourth-order valence-electron chi connectivity index (χ4n) is 4.03. The molecule has 0 spiro atoms. The Bertz CT molecular complexity index is 728. The lowest BCUT2D eigenvalue weighted by atomic mass is 9.89. The summed E-state index contributed by atoms with van der Waals surface area (Å²) in [4.78, 5) is 39.5. The van der Waals surface area contributed by atoms with Gasteiger partial charge in [-0.3, -0.25) is 9.59 Å². The van der Waals surface area contributed by atoms with Gasteiger partial charge in [-0.15, -0.1) is 0 Å². The molecule has 1 atom stereocenters. The van der Waals surface area contributed by atoms with Crippen molar-refractivity contribution in [1.29, 1.82) is 0 Å². The van der Waals surface area contributed by atoms with E-state index in [0.29, 0.717) is 19.4 Å². The van der Waals surface area contributed by atoms with Crippen LogP contribution < -0.4 is 10.2 Å². The van der Waals surface area contributed by atoms with Crippen molar-refractivity contribution < 1.29 is 19.1 Å². The molecule has 1 heterocycles. The Labute approximate surface area is 167 Å². The van der Waals surface area contributed by atoms with Crippen molar-refractivity contribution in [1.82, 2.24) is 5.32 Å². The largest absolute Gasteiger partial charge is 0.467 e. The Hall–Kier alpha value is -1.89. The summed E-state index contributed by atoms with van der Waals surface area (Å²) in [5.74, 6) is -1.20. The molecule has 1 N–H and O–H groups in total. The topological polar surface area (TPSA) is 75.7 Å². The fourth-order valence-corrected chi connectivity index (χ4v) is 4.53. The quantitative estimate of drug-likeness (QED) is 0.580. The lowest BCUT2D eigenvalue weighted by molar-refractivity contribution is -0.152. The van der Waals surface area contributed by atoms with Gasteiger partial charge in [0.15, 0.2) is 0 Å². The molecule has 1 saturated carbocycles. The third-order valence-corrected chi connectivity index (χ3v) is 6.21. The number of rotatable bonds is 4. The molecule has 0 aromatic heterocycles. The van der Waals surface area contributed by atoms with Crippen LogP contribution in [-0.2, 0) is 19.1 Å². The van der Waals surface area contributed by atoms with Crippen molar-refractivity contribution in [3.8, 4) is 0 Å². The van der Waals surface area contributed by atoms with E-state index in [2.05, 4.69) is 21.2 Å². The Morgan fingerprint density at radius 2 is 1.85 bits per heavy atom. The summed E-state index contributed by atoms with van der Waals surface area (Å²) in [7, 11) is 1.36. The average molecular weight is 437 g/mol. The Kier molecular flexibility index (Phi) is 6.19. The van der Waals surface area contributed by atoms with Crippen LogP contribution in [0.15, 0.2) is 28.7 Å². The Morgan fingerprint density at radius 3 is 2.48 bits per heavy atom. The molecule has 1 unspecified atom stereocenters. The van der Waals surface area contributed by atoms with Crippen molar-refractivity contribution in [2.75, 3.05) is 18.6 Å². The Balaban J connectivity index is 1.74. The molecule has 1 saturated heterocycles. The third kappa shape index (κ3) is 4.18. The van der Waals surface area contributed by atoms with Gasteiger partial charge in [-0.1, -0.05) is 37.8 Å². The summed E-state index contributed by atoms with van der Waals surface area (Å²) in [5.41, 5.74) is -0.207. The van der Waals surface area contributed by atoms with Gasteiger partial charge in [0.1, 0.15) is 5.54 Å². The highest BCUT2D eigenvalue weighted by Gasteiger charge is 2.44. The van der Waals surface area contributed by atoms with E-state index in [-0.39, 0.29) is 24.2 Å². The summed E-state index contributed by atoms with van der Waals surface area (Å²) in [6.07, 6.45) is 5.16. The molecule has 1 aliphatic heterocycles. The minimum atomic E-state index is -0.966. The first-order valence-corrected chi connectivity index (χ1v) is 10.2. The van der Waals surface area contributed by atoms with Crippen molar-refractivity contribution in [2.45, 2.75) is 50.5 Å². The second kappa shape index (κ2) is 8.42. The number of carbonyl (C=O) groups excluding carboxylic acids is 3. The zero-order valence-corrected chi connectivity index (χ0v) is 17.1. The normalized spacial score (nSPS) is 22.2. The molecule has 27 heavy (non-hydrogen) atoms. The van der Waals surface area contributed by atoms with Gasteiger partial charge < -0.3 is 15.0 Å². The van der Waals surface area contributed by atoms with E-state index in [1.807, 2.05) is 24.3 Å². The minimum Gasteiger partial charge on any atom is -0.467 e. The zero-order chi connectivity index (χ0) is 19.4. The predicted molar refractivity (Wildman–Crippen MR) is 105 cm³/mol. The van der Waals surface area contributed by atoms with Gasteiger partial charge in [-0.2, -0.15) is 0 Å². The van der Waals surface area contributed by atoms with E-state index in [1.54, 1.807) is 4.90 Å². The van der Waals surface area contributed by atoms with Gasteiger partial charge in [-0.25, -0.2) is 4.79 Å². The first-order chi connectivity index (χ1) is 13.0. The molecule has 0 radical (unpaired) electrons. The smallest absolute Gasteiger partial charge is 0.331 e. The Morgan fingerprint density at radius 1 is 1.19 bits per heavy atom. The van der Waals surface area contributed by atoms with Gasteiger partial charge in [-0.05, 0) is 40.9 Å². The van der Waals surface area contributed by atoms with Gasteiger partial charge >= 0.3 is 5.97 Å². The molecule has 7 heteroatoms. The minimum absolute atomic E-state index is 0.0879. The number of ether oxygens (including phenoxy) is 1. The first kappa shape index (κ1) is 19.9. The molecule has 2 fully saturated rings. The van der Waals surface area contributed by atoms with E-state index >= 15 is 0 Å². The number of nitrogens with zero attached hydrogens (tertiary/aromatic N) is 1. The van der Waals surface area contributed by atoms with Gasteiger partial charge in [0.05, 0.1) is 18.7 Å². The van der Waals surface area contributed by atoms with Crippen LogP contribution >= 0.6 is 15.9 Å². The maximum atomic E-state index is 12.9. The number of anilines is 1. The number of carbonyl (C=O) groups is 3. The maximum Gasteiger partial charge on any atom is 0.331 e. The fraction of sp³-hybridized carbons (Fsp3) is 0.550. The summed E-state index contributed by atoms with van der Waals surface area (Å²) in [6.45, 7) is 0.310. The monoisotopic (exact) mass is 436 g/mol. The summed E-state index contributed by atoms with van der Waals surface area (Å²) >= 11 is 3.46. The van der Waals surface area contributed by atoms with Gasteiger partial charge in [0.2, 0.25) is 11.8 Å². The van der Waals surface area contributed by atoms with E-state index in [1.165, 1.54) is 7.11 Å². The highest BCUT2D eigenvalue weighted by molar-refractivity contribution is 9.10. The zero-order valence-electron chi connectivity index (χ0n) is 15.5. The molecule has 146 valence electrons. The van der Waals surface area contributed by atoms with Crippen LogP contribution in [0.25, 0.3) is 0 Å². The third-order valence-electron chi connectivity index (χ3n) is 5.53. The molecule has 2 amide bonds. The van der Waals surface area contributed by atoms with Gasteiger partial charge in [0.25, 0.3) is 0 Å². The number of hydrogen-bond acceptors (Lipinski definition) is 4. The highest BCUT2D eigenvalue weighted by atomic mass is 79.9. The maximum absolute atomic E-state index is 12.9. The second-order valence-corrected chi connectivity index (χ2v) is 8.19. The molecule has 1 aliphatic carbocycles. The molecule has 2 aliphatic rings. The van der Waals surface area contributed by atoms with E-state index < -0.39 is 11.5 Å². The van der Waals surface area contributed by atoms with Crippen molar-refractivity contribution in [3.63, 3.8) is 0 Å². The number of para-hydroxylation sites is 1. The first-order valence-electron chi connectivity index (χ1n) is 9.42. The predicted octanol–water partition coefficient (Wildman–Crippen LogP) is 3.18. The van der Waals surface area contributed by atoms with Gasteiger partial charge in [0, 0.05) is 17.4 Å². The number of halogens is 1. The SMILES string of the molecule is COC(=O)C1(NC(=O)C2CC(=O)N(c3ccccc3Br)C2)CCCCCC1. The molecule has 1 aromatic rings. The average Bonchev–Trinajstić information content (AvgIpc) is 2.89. The van der Waals surface area contributed by atoms with Crippen LogP contribution in [0.3, 0.4) is 0 Å². The van der Waals surface area contributed by atoms with Crippen molar-refractivity contribution >= 4 is 39.4 Å². The van der Waals surface area contributed by atoms with E-state index in [4.69, 9.17) is 4.74 Å². The van der Waals surface area contributed by atoms with Crippen LogP contribution in [-0.4, -0.2) is 37.0 Å². The van der Waals surface area contributed by atoms with Crippen molar-refractivity contribution in [3.05, 3.63) is 28.7 Å². The molecule has 1 aromatic carbocycles. The highest BCUT2D eigenvalue weighted by Crippen LogP contribution is 2.33. The standard InChI is InChI=1S/C20H25BrN2O4/c1-27-19(26)20(10-6-2-3-7-11-20)22-18(25)14-12-17(24)23(13-14)16-9-5-4-8-15(16)21/h4-5,8-9,14H,2-3,6-7,10-13H2,1H3,(H,22,25). The number of amides is 2. The van der Waals surface area contributed by atoms with E-state index in [9.17, 15) is 14.4 Å². The number of benzene rings is 1. The van der Waals surface area contributed by atoms with Crippen LogP contribution in [0.5, 0.6) is 0 Å². The summed E-state index contributed by atoms with van der Waals surface area (Å²) in [5, 5.41) is 2.97. The van der Waals surface area contributed by atoms with Crippen LogP contribution in [0.2, 0.25) is 0 Å². The lowest BCUT2D eigenvalue weighted by Gasteiger charge is -2.32. The summed E-state index contributed by atoms with van der Waals surface area (Å²) in [6, 6.07) is 7.46. The van der Waals surface area contributed by atoms with Crippen LogP contribution in [0.1, 0.15) is 44.9 Å². The molecule has 6 nitrogen and oxygen atoms in total. The molecular formula is C20H25BrN2O4. The lowest BCUT2D eigenvalue weighted by Crippen LogP contribution is -2.56. The number of methoxy groups -OCH3 is 1. The molecule has 3 rings (SSSR count). The summed E-state index contributed by atoms with van der Waals surface area (Å²) < 4.78 is 5.82. The molecule has 0 bridgehead atoms. The van der Waals surface area contributed by atoms with E-state index in [0.717, 1.165) is 35.8 Å².